The Hall–Kier alpha value is -4.31. The number of anilines is 2. The Morgan fingerprint density at radius 1 is 0.974 bits per heavy atom. The van der Waals surface area contributed by atoms with Crippen molar-refractivity contribution >= 4 is 23.0 Å². The second-order valence-corrected chi connectivity index (χ2v) is 10.4. The minimum absolute atomic E-state index is 0.104. The van der Waals surface area contributed by atoms with Gasteiger partial charge >= 0.3 is 0 Å². The molecular weight excluding hydrogens is 472 g/mol. The van der Waals surface area contributed by atoms with Crippen molar-refractivity contribution in [3.63, 3.8) is 0 Å². The first-order chi connectivity index (χ1) is 18.3. The van der Waals surface area contributed by atoms with E-state index in [-0.39, 0.29) is 12.3 Å². The highest BCUT2D eigenvalue weighted by atomic mass is 16.1. The molecule has 0 bridgehead atoms. The first-order valence-electron chi connectivity index (χ1n) is 13.0. The van der Waals surface area contributed by atoms with Gasteiger partial charge in [0.15, 0.2) is 0 Å². The Morgan fingerprint density at radius 3 is 2.26 bits per heavy atom. The standard InChI is InChI=1S/C31H34N6O/c1-21(2)19-37(20-22(3)4)30-14-13-25(26-7-5-6-8-27(26)29-18-33-36-35-29)16-28(30)34-31(38)15-23-9-11-24(17-32)12-10-23/h5-14,16,21-22H,15,18-20H2,1-4H3,(H,34,38). The maximum absolute atomic E-state index is 13.2. The minimum Gasteiger partial charge on any atom is -0.369 e. The lowest BCUT2D eigenvalue weighted by atomic mass is 9.95. The van der Waals surface area contributed by atoms with Crippen molar-refractivity contribution in [1.82, 2.24) is 0 Å². The van der Waals surface area contributed by atoms with E-state index >= 15 is 0 Å². The molecule has 3 aromatic carbocycles. The highest BCUT2D eigenvalue weighted by Crippen LogP contribution is 2.34. The molecule has 7 heteroatoms. The van der Waals surface area contributed by atoms with Gasteiger partial charge in [-0.25, -0.2) is 0 Å². The summed E-state index contributed by atoms with van der Waals surface area (Å²) in [5.74, 6) is 0.821. The smallest absolute Gasteiger partial charge is 0.228 e. The molecule has 1 N–H and O–H groups in total. The van der Waals surface area contributed by atoms with Gasteiger partial charge in [0.2, 0.25) is 5.91 Å². The van der Waals surface area contributed by atoms with Crippen LogP contribution in [-0.4, -0.2) is 31.3 Å². The quantitative estimate of drug-likeness (QED) is 0.332. The molecule has 4 rings (SSSR count). The van der Waals surface area contributed by atoms with Crippen molar-refractivity contribution in [3.05, 3.63) is 83.4 Å². The molecule has 0 aliphatic carbocycles. The predicted molar refractivity (Wildman–Crippen MR) is 154 cm³/mol. The normalized spacial score (nSPS) is 12.5. The van der Waals surface area contributed by atoms with Gasteiger partial charge in [0, 0.05) is 18.7 Å². The number of amides is 1. The van der Waals surface area contributed by atoms with Gasteiger partial charge in [-0.1, -0.05) is 70.2 Å². The van der Waals surface area contributed by atoms with E-state index in [1.165, 1.54) is 0 Å². The van der Waals surface area contributed by atoms with Crippen LogP contribution in [-0.2, 0) is 11.2 Å². The van der Waals surface area contributed by atoms with Crippen LogP contribution in [0.4, 0.5) is 11.4 Å². The third-order valence-corrected chi connectivity index (χ3v) is 6.23. The Bertz CT molecular complexity index is 1370. The molecule has 0 saturated heterocycles. The molecule has 194 valence electrons. The van der Waals surface area contributed by atoms with Gasteiger partial charge in [-0.15, -0.1) is 5.10 Å². The molecule has 0 saturated carbocycles. The topological polar surface area (TPSA) is 93.2 Å². The van der Waals surface area contributed by atoms with E-state index in [9.17, 15) is 4.79 Å². The molecule has 0 radical (unpaired) electrons. The Kier molecular flexibility index (Phi) is 8.65. The van der Waals surface area contributed by atoms with Gasteiger partial charge in [-0.3, -0.25) is 4.79 Å². The summed E-state index contributed by atoms with van der Waals surface area (Å²) in [4.78, 5) is 15.6. The van der Waals surface area contributed by atoms with Crippen LogP contribution in [0.25, 0.3) is 11.1 Å². The van der Waals surface area contributed by atoms with E-state index in [0.29, 0.717) is 23.9 Å². The zero-order chi connectivity index (χ0) is 27.1. The van der Waals surface area contributed by atoms with Gasteiger partial charge in [-0.05, 0) is 58.0 Å². The highest BCUT2D eigenvalue weighted by molar-refractivity contribution is 6.08. The number of carbonyl (C=O) groups is 1. The summed E-state index contributed by atoms with van der Waals surface area (Å²) < 4.78 is 0. The molecule has 0 aromatic heterocycles. The van der Waals surface area contributed by atoms with E-state index in [1.54, 1.807) is 12.1 Å². The number of carbonyl (C=O) groups excluding carboxylic acids is 1. The van der Waals surface area contributed by atoms with Crippen molar-refractivity contribution in [3.8, 4) is 17.2 Å². The average Bonchev–Trinajstić information content (AvgIpc) is 3.43. The van der Waals surface area contributed by atoms with E-state index in [0.717, 1.165) is 52.4 Å². The van der Waals surface area contributed by atoms with Crippen LogP contribution in [0.2, 0.25) is 0 Å². The zero-order valence-corrected chi connectivity index (χ0v) is 22.5. The molecule has 0 atom stereocenters. The minimum atomic E-state index is -0.104. The van der Waals surface area contributed by atoms with Crippen molar-refractivity contribution in [1.29, 1.82) is 5.26 Å². The summed E-state index contributed by atoms with van der Waals surface area (Å²) >= 11 is 0. The lowest BCUT2D eigenvalue weighted by molar-refractivity contribution is -0.115. The maximum Gasteiger partial charge on any atom is 0.228 e. The fourth-order valence-electron chi connectivity index (χ4n) is 4.65. The Labute approximate surface area is 224 Å². The summed E-state index contributed by atoms with van der Waals surface area (Å²) in [6.45, 7) is 11.1. The zero-order valence-electron chi connectivity index (χ0n) is 22.5. The second-order valence-electron chi connectivity index (χ2n) is 10.4. The largest absolute Gasteiger partial charge is 0.369 e. The van der Waals surface area contributed by atoms with Gasteiger partial charge in [0.25, 0.3) is 0 Å². The third kappa shape index (κ3) is 6.71. The summed E-state index contributed by atoms with van der Waals surface area (Å²) in [7, 11) is 0. The van der Waals surface area contributed by atoms with Crippen LogP contribution in [0, 0.1) is 23.2 Å². The summed E-state index contributed by atoms with van der Waals surface area (Å²) in [6, 6.07) is 23.6. The van der Waals surface area contributed by atoms with Crippen molar-refractivity contribution in [2.24, 2.45) is 27.3 Å². The summed E-state index contributed by atoms with van der Waals surface area (Å²) in [5, 5.41) is 24.3. The number of nitrogens with one attached hydrogen (secondary N) is 1. The molecule has 1 amide bonds. The van der Waals surface area contributed by atoms with Gasteiger partial charge in [0.05, 0.1) is 35.1 Å². The molecule has 1 heterocycles. The van der Waals surface area contributed by atoms with Crippen LogP contribution in [0.15, 0.2) is 82.2 Å². The molecule has 38 heavy (non-hydrogen) atoms. The number of hydrogen-bond acceptors (Lipinski definition) is 6. The van der Waals surface area contributed by atoms with Gasteiger partial charge in [-0.2, -0.15) is 10.4 Å². The fourth-order valence-corrected chi connectivity index (χ4v) is 4.65. The van der Waals surface area contributed by atoms with Crippen LogP contribution >= 0.6 is 0 Å². The lowest BCUT2D eigenvalue weighted by Crippen LogP contribution is -2.32. The number of rotatable bonds is 10. The molecule has 1 aliphatic heterocycles. The summed E-state index contributed by atoms with van der Waals surface area (Å²) in [6.07, 6.45) is 0.222. The molecule has 1 aliphatic rings. The maximum atomic E-state index is 13.2. The average molecular weight is 507 g/mol. The number of nitriles is 1. The highest BCUT2D eigenvalue weighted by Gasteiger charge is 2.19. The van der Waals surface area contributed by atoms with E-state index < -0.39 is 0 Å². The molecule has 0 spiro atoms. The Balaban J connectivity index is 1.72. The van der Waals surface area contributed by atoms with Crippen molar-refractivity contribution < 1.29 is 4.79 Å². The van der Waals surface area contributed by atoms with Crippen LogP contribution in [0.3, 0.4) is 0 Å². The van der Waals surface area contributed by atoms with E-state index in [2.05, 4.69) is 83.7 Å². The number of benzene rings is 3. The van der Waals surface area contributed by atoms with Crippen molar-refractivity contribution in [2.75, 3.05) is 29.9 Å². The number of hydrogen-bond donors (Lipinski definition) is 1. The Morgan fingerprint density at radius 2 is 1.66 bits per heavy atom. The first kappa shape index (κ1) is 26.7. The predicted octanol–water partition coefficient (Wildman–Crippen LogP) is 6.69. The molecule has 7 nitrogen and oxygen atoms in total. The second kappa shape index (κ2) is 12.3. The van der Waals surface area contributed by atoms with Crippen LogP contribution < -0.4 is 10.2 Å². The monoisotopic (exact) mass is 506 g/mol. The molecule has 0 unspecified atom stereocenters. The third-order valence-electron chi connectivity index (χ3n) is 6.23. The van der Waals surface area contributed by atoms with Crippen LogP contribution in [0.1, 0.15) is 44.4 Å². The van der Waals surface area contributed by atoms with Gasteiger partial charge in [0.1, 0.15) is 6.54 Å². The van der Waals surface area contributed by atoms with E-state index in [4.69, 9.17) is 5.26 Å². The fraction of sp³-hybridized carbons (Fsp3) is 0.323. The number of nitrogens with zero attached hydrogens (tertiary/aromatic N) is 5. The molecular formula is C31H34N6O. The van der Waals surface area contributed by atoms with Crippen LogP contribution in [0.5, 0.6) is 0 Å². The van der Waals surface area contributed by atoms with E-state index in [1.807, 2.05) is 30.3 Å². The molecule has 0 fully saturated rings. The molecule has 3 aromatic rings. The van der Waals surface area contributed by atoms with Crippen molar-refractivity contribution in [2.45, 2.75) is 34.1 Å². The SMILES string of the molecule is CC(C)CN(CC(C)C)c1ccc(-c2ccccc2C2=NN=NC2)cc1NC(=O)Cc1ccc(C#N)cc1. The lowest BCUT2D eigenvalue weighted by Gasteiger charge is -2.31. The summed E-state index contributed by atoms with van der Waals surface area (Å²) in [5.41, 5.74) is 7.04. The first-order valence-corrected chi connectivity index (χ1v) is 13.0. The van der Waals surface area contributed by atoms with Gasteiger partial charge < -0.3 is 10.2 Å².